The lowest BCUT2D eigenvalue weighted by molar-refractivity contribution is -0.142. The van der Waals surface area contributed by atoms with Crippen LogP contribution in [0.4, 0.5) is 0 Å². The Morgan fingerprint density at radius 3 is 1.94 bits per heavy atom. The van der Waals surface area contributed by atoms with Gasteiger partial charge in [-0.3, -0.25) is 4.79 Å². The van der Waals surface area contributed by atoms with Crippen LogP contribution in [0.1, 0.15) is 0 Å². The van der Waals surface area contributed by atoms with Gasteiger partial charge in [0.1, 0.15) is 12.4 Å². The summed E-state index contributed by atoms with van der Waals surface area (Å²) in [4.78, 5) is 11.0. The van der Waals surface area contributed by atoms with E-state index in [1.165, 1.54) is 0 Å². The van der Waals surface area contributed by atoms with E-state index in [1.807, 2.05) is 0 Å². The molecule has 0 aromatic rings. The van der Waals surface area contributed by atoms with Gasteiger partial charge < -0.3 is 18.9 Å². The summed E-state index contributed by atoms with van der Waals surface area (Å²) in [7, 11) is -1.74. The molecule has 0 saturated carbocycles. The van der Waals surface area contributed by atoms with E-state index in [1.54, 1.807) is 7.11 Å². The minimum Gasteiger partial charge on any atom is -0.462 e. The summed E-state index contributed by atoms with van der Waals surface area (Å²) in [5.74, 6) is -1.37. The van der Waals surface area contributed by atoms with E-state index in [0.29, 0.717) is 26.4 Å². The lowest BCUT2D eigenvalue weighted by Crippen LogP contribution is -2.19. The summed E-state index contributed by atoms with van der Waals surface area (Å²) in [5, 5.41) is 0. The third-order valence-electron chi connectivity index (χ3n) is 1.67. The van der Waals surface area contributed by atoms with Crippen molar-refractivity contribution < 1.29 is 32.2 Å². The van der Waals surface area contributed by atoms with Gasteiger partial charge in [0, 0.05) is 13.4 Å². The van der Waals surface area contributed by atoms with E-state index in [-0.39, 0.29) is 13.2 Å². The molecule has 0 aromatic heterocycles. The number of carbonyl (C=O) groups is 1. The van der Waals surface area contributed by atoms with Gasteiger partial charge >= 0.3 is 5.97 Å². The first-order valence-corrected chi connectivity index (χ1v) is 7.49. The summed E-state index contributed by atoms with van der Waals surface area (Å²) in [6, 6.07) is 0. The molecule has 18 heavy (non-hydrogen) atoms. The number of methoxy groups -OCH3 is 1. The van der Waals surface area contributed by atoms with Gasteiger partial charge in [-0.15, -0.1) is 0 Å². The van der Waals surface area contributed by atoms with Crippen LogP contribution in [0.25, 0.3) is 0 Å². The van der Waals surface area contributed by atoms with Gasteiger partial charge in [0.15, 0.2) is 9.84 Å². The molecule has 8 heteroatoms. The molecule has 0 N–H and O–H groups in total. The Balaban J connectivity index is 3.28. The molecule has 7 nitrogen and oxygen atoms in total. The lowest BCUT2D eigenvalue weighted by Gasteiger charge is -2.06. The van der Waals surface area contributed by atoms with Gasteiger partial charge in [-0.25, -0.2) is 8.42 Å². The summed E-state index contributed by atoms with van der Waals surface area (Å²) >= 11 is 0. The van der Waals surface area contributed by atoms with E-state index in [9.17, 15) is 13.2 Å². The molecule has 0 spiro atoms. The third-order valence-corrected chi connectivity index (χ3v) is 2.43. The van der Waals surface area contributed by atoms with Gasteiger partial charge in [-0.05, 0) is 0 Å². The zero-order valence-electron chi connectivity index (χ0n) is 10.7. The minimum atomic E-state index is -3.33. The number of hydrogen-bond donors (Lipinski definition) is 0. The quantitative estimate of drug-likeness (QED) is 0.364. The maximum atomic E-state index is 11.0. The monoisotopic (exact) mass is 284 g/mol. The molecule has 0 radical (unpaired) electrons. The second-order valence-electron chi connectivity index (χ2n) is 3.51. The Morgan fingerprint density at radius 2 is 1.44 bits per heavy atom. The Labute approximate surface area is 107 Å². The maximum Gasteiger partial charge on any atom is 0.321 e. The van der Waals surface area contributed by atoms with E-state index in [2.05, 4.69) is 4.74 Å². The normalized spacial score (nSPS) is 11.4. The predicted octanol–water partition coefficient (Wildman–Crippen LogP) is -0.746. The van der Waals surface area contributed by atoms with Crippen molar-refractivity contribution in [2.45, 2.75) is 0 Å². The first-order chi connectivity index (χ1) is 8.45. The van der Waals surface area contributed by atoms with Crippen molar-refractivity contribution in [3.63, 3.8) is 0 Å². The molecule has 0 heterocycles. The van der Waals surface area contributed by atoms with E-state index in [4.69, 9.17) is 14.2 Å². The van der Waals surface area contributed by atoms with Crippen LogP contribution < -0.4 is 0 Å². The largest absolute Gasteiger partial charge is 0.462 e. The van der Waals surface area contributed by atoms with Crippen LogP contribution in [0.5, 0.6) is 0 Å². The van der Waals surface area contributed by atoms with Crippen molar-refractivity contribution in [1.82, 2.24) is 0 Å². The first kappa shape index (κ1) is 17.3. The Morgan fingerprint density at radius 1 is 0.944 bits per heavy atom. The van der Waals surface area contributed by atoms with Crippen LogP contribution in [0.3, 0.4) is 0 Å². The van der Waals surface area contributed by atoms with Crippen molar-refractivity contribution in [3.8, 4) is 0 Å². The van der Waals surface area contributed by atoms with E-state index < -0.39 is 21.6 Å². The van der Waals surface area contributed by atoms with Gasteiger partial charge in [-0.2, -0.15) is 0 Å². The van der Waals surface area contributed by atoms with Crippen LogP contribution in [0.15, 0.2) is 0 Å². The molecule has 0 aliphatic heterocycles. The number of ether oxygens (including phenoxy) is 4. The molecule has 0 aromatic carbocycles. The average molecular weight is 284 g/mol. The first-order valence-electron chi connectivity index (χ1n) is 5.43. The van der Waals surface area contributed by atoms with Crippen LogP contribution in [0.2, 0.25) is 0 Å². The fourth-order valence-electron chi connectivity index (χ4n) is 0.934. The molecule has 0 fully saturated rings. The number of esters is 1. The number of hydrogen-bond acceptors (Lipinski definition) is 7. The topological polar surface area (TPSA) is 88.1 Å². The summed E-state index contributed by atoms with van der Waals surface area (Å²) in [6.45, 7) is 2.09. The summed E-state index contributed by atoms with van der Waals surface area (Å²) in [5.41, 5.74) is 0. The van der Waals surface area contributed by atoms with Crippen LogP contribution in [0, 0.1) is 0 Å². The second kappa shape index (κ2) is 10.2. The Bertz CT molecular complexity index is 312. The van der Waals surface area contributed by atoms with Crippen molar-refractivity contribution in [2.24, 2.45) is 0 Å². The number of rotatable bonds is 11. The smallest absolute Gasteiger partial charge is 0.321 e. The van der Waals surface area contributed by atoms with Crippen LogP contribution >= 0.6 is 0 Å². The molecule has 108 valence electrons. The van der Waals surface area contributed by atoms with Crippen molar-refractivity contribution in [2.75, 3.05) is 58.8 Å². The highest BCUT2D eigenvalue weighted by Gasteiger charge is 2.11. The predicted molar refractivity (Wildman–Crippen MR) is 64.2 cm³/mol. The molecular formula is C10H20O7S. The summed E-state index contributed by atoms with van der Waals surface area (Å²) in [6.07, 6.45) is 0.974. The second-order valence-corrected chi connectivity index (χ2v) is 5.65. The van der Waals surface area contributed by atoms with Gasteiger partial charge in [-0.1, -0.05) is 0 Å². The van der Waals surface area contributed by atoms with Gasteiger partial charge in [0.25, 0.3) is 0 Å². The number of sulfone groups is 1. The molecule has 0 rings (SSSR count). The summed E-state index contributed by atoms with van der Waals surface area (Å²) < 4.78 is 41.2. The van der Waals surface area contributed by atoms with Crippen LogP contribution in [-0.2, 0) is 33.6 Å². The average Bonchev–Trinajstić information content (AvgIpc) is 2.24. The fourth-order valence-corrected chi connectivity index (χ4v) is 1.45. The fraction of sp³-hybridized carbons (Fsp3) is 0.900. The molecular weight excluding hydrogens is 264 g/mol. The molecule has 0 bridgehead atoms. The number of carbonyl (C=O) groups excluding carboxylic acids is 1. The SMILES string of the molecule is COCCOCCOCCOC(=O)CS(C)(=O)=O. The minimum absolute atomic E-state index is 0.0342. The Kier molecular flexibility index (Phi) is 9.85. The maximum absolute atomic E-state index is 11.0. The lowest BCUT2D eigenvalue weighted by atomic mass is 10.7. The Hall–Kier alpha value is -0.700. The van der Waals surface area contributed by atoms with Gasteiger partial charge in [0.2, 0.25) is 0 Å². The standard InChI is InChI=1S/C10H20O7S/c1-14-3-4-15-5-6-16-7-8-17-10(11)9-18(2,12)13/h3-9H2,1-2H3. The highest BCUT2D eigenvalue weighted by Crippen LogP contribution is 1.88. The van der Waals surface area contributed by atoms with Gasteiger partial charge in [0.05, 0.1) is 33.0 Å². The highest BCUT2D eigenvalue weighted by molar-refractivity contribution is 7.91. The van der Waals surface area contributed by atoms with Crippen LogP contribution in [-0.4, -0.2) is 73.1 Å². The molecule has 0 aliphatic carbocycles. The van der Waals surface area contributed by atoms with Crippen molar-refractivity contribution in [3.05, 3.63) is 0 Å². The molecule has 0 unspecified atom stereocenters. The van der Waals surface area contributed by atoms with Crippen molar-refractivity contribution >= 4 is 15.8 Å². The van der Waals surface area contributed by atoms with Crippen molar-refractivity contribution in [1.29, 1.82) is 0 Å². The highest BCUT2D eigenvalue weighted by atomic mass is 32.2. The molecule has 0 atom stereocenters. The molecule has 0 amide bonds. The molecule has 0 aliphatic rings. The van der Waals surface area contributed by atoms with E-state index >= 15 is 0 Å². The zero-order chi connectivity index (χ0) is 13.9. The molecule has 0 saturated heterocycles. The third kappa shape index (κ3) is 13.4. The van der Waals surface area contributed by atoms with E-state index in [0.717, 1.165) is 6.26 Å². The zero-order valence-corrected chi connectivity index (χ0v) is 11.5.